The van der Waals surface area contributed by atoms with Gasteiger partial charge in [-0.15, -0.1) is 0 Å². The first kappa shape index (κ1) is 19.2. The molecule has 1 atom stereocenters. The van der Waals surface area contributed by atoms with Crippen LogP contribution in [0.25, 0.3) is 11.1 Å². The molecule has 0 bridgehead atoms. The number of fused-ring (bicyclic) bond motifs is 1. The highest BCUT2D eigenvalue weighted by Gasteiger charge is 2.26. The first-order valence-electron chi connectivity index (χ1n) is 9.73. The Morgan fingerprint density at radius 2 is 2.00 bits per heavy atom. The molecule has 1 aliphatic heterocycles. The van der Waals surface area contributed by atoms with E-state index >= 15 is 0 Å². The van der Waals surface area contributed by atoms with Crippen molar-refractivity contribution in [2.75, 3.05) is 13.2 Å². The normalized spacial score (nSPS) is 15.1. The number of aliphatic hydroxyl groups excluding tert-OH is 1. The summed E-state index contributed by atoms with van der Waals surface area (Å²) in [7, 11) is 0. The highest BCUT2D eigenvalue weighted by atomic mass is 16.6. The van der Waals surface area contributed by atoms with Crippen molar-refractivity contribution in [3.8, 4) is 22.9 Å². The molecule has 1 aromatic heterocycles. The van der Waals surface area contributed by atoms with Gasteiger partial charge in [-0.2, -0.15) is 4.98 Å². The summed E-state index contributed by atoms with van der Waals surface area (Å²) < 4.78 is 13.5. The second-order valence-corrected chi connectivity index (χ2v) is 7.28. The van der Waals surface area contributed by atoms with E-state index in [0.717, 1.165) is 17.0 Å². The first-order chi connectivity index (χ1) is 14.0. The predicted molar refractivity (Wildman–Crippen MR) is 111 cm³/mol. The molecule has 29 heavy (non-hydrogen) atoms. The van der Waals surface area contributed by atoms with Crippen LogP contribution in [0, 0.1) is 13.8 Å². The van der Waals surface area contributed by atoms with Crippen LogP contribution in [-0.4, -0.2) is 34.0 Å². The van der Waals surface area contributed by atoms with Crippen molar-refractivity contribution < 1.29 is 14.6 Å². The lowest BCUT2D eigenvalue weighted by atomic mass is 9.97. The summed E-state index contributed by atoms with van der Waals surface area (Å²) in [5, 5.41) is 9.20. The lowest BCUT2D eigenvalue weighted by Gasteiger charge is -2.13. The average molecular weight is 392 g/mol. The Hall–Kier alpha value is -3.12. The summed E-state index contributed by atoms with van der Waals surface area (Å²) in [4.78, 5) is 15.6. The topological polar surface area (TPSA) is 73.6 Å². The molecule has 1 N–H and O–H groups in total. The van der Waals surface area contributed by atoms with Crippen molar-refractivity contribution in [2.24, 2.45) is 0 Å². The first-order valence-corrected chi connectivity index (χ1v) is 9.73. The van der Waals surface area contributed by atoms with Gasteiger partial charge in [-0.05, 0) is 48.2 Å². The van der Waals surface area contributed by atoms with Crippen molar-refractivity contribution in [3.63, 3.8) is 0 Å². The predicted octanol–water partition coefficient (Wildman–Crippen LogP) is 2.90. The molecule has 2 heterocycles. The summed E-state index contributed by atoms with van der Waals surface area (Å²) in [5.74, 6) is 0.761. The summed E-state index contributed by atoms with van der Waals surface area (Å²) in [6.07, 6.45) is 0.155. The highest BCUT2D eigenvalue weighted by molar-refractivity contribution is 5.68. The van der Waals surface area contributed by atoms with Crippen molar-refractivity contribution in [1.29, 1.82) is 0 Å². The van der Waals surface area contributed by atoms with E-state index in [2.05, 4.69) is 49.2 Å². The van der Waals surface area contributed by atoms with Crippen molar-refractivity contribution in [2.45, 2.75) is 32.9 Å². The molecule has 3 aromatic rings. The SMILES string of the molecule is Cc1cccc(-c2ccc(OC[C@@H]3Cn4c(CCO)cc(=O)nc4O3)cc2)c1C. The number of benzene rings is 2. The van der Waals surface area contributed by atoms with Crippen LogP contribution in [0.4, 0.5) is 0 Å². The lowest BCUT2D eigenvalue weighted by Crippen LogP contribution is -2.23. The van der Waals surface area contributed by atoms with Crippen LogP contribution in [0.5, 0.6) is 11.8 Å². The Balaban J connectivity index is 1.42. The van der Waals surface area contributed by atoms with E-state index in [-0.39, 0.29) is 18.3 Å². The molecular formula is C23H24N2O4. The third kappa shape index (κ3) is 4.03. The second-order valence-electron chi connectivity index (χ2n) is 7.28. The number of aromatic nitrogens is 2. The Morgan fingerprint density at radius 3 is 2.76 bits per heavy atom. The Morgan fingerprint density at radius 1 is 1.21 bits per heavy atom. The quantitative estimate of drug-likeness (QED) is 0.698. The minimum atomic E-state index is -0.358. The van der Waals surface area contributed by atoms with E-state index in [4.69, 9.17) is 9.47 Å². The van der Waals surface area contributed by atoms with E-state index in [0.29, 0.717) is 25.6 Å². The average Bonchev–Trinajstić information content (AvgIpc) is 3.12. The van der Waals surface area contributed by atoms with Gasteiger partial charge in [-0.3, -0.25) is 9.36 Å². The van der Waals surface area contributed by atoms with Gasteiger partial charge < -0.3 is 14.6 Å². The highest BCUT2D eigenvalue weighted by Crippen LogP contribution is 2.27. The molecule has 0 unspecified atom stereocenters. The van der Waals surface area contributed by atoms with E-state index < -0.39 is 0 Å². The number of hydrogen-bond donors (Lipinski definition) is 1. The monoisotopic (exact) mass is 392 g/mol. The Kier molecular flexibility index (Phi) is 5.36. The number of hydrogen-bond acceptors (Lipinski definition) is 5. The summed E-state index contributed by atoms with van der Waals surface area (Å²) in [6, 6.07) is 16.1. The van der Waals surface area contributed by atoms with Crippen LogP contribution >= 0.6 is 0 Å². The summed E-state index contributed by atoms with van der Waals surface area (Å²) >= 11 is 0. The Bertz CT molecular complexity index is 1070. The zero-order chi connectivity index (χ0) is 20.4. The number of ether oxygens (including phenoxy) is 2. The van der Waals surface area contributed by atoms with Crippen LogP contribution in [0.3, 0.4) is 0 Å². The second kappa shape index (κ2) is 8.09. The van der Waals surface area contributed by atoms with Gasteiger partial charge in [0, 0.05) is 24.8 Å². The lowest BCUT2D eigenvalue weighted by molar-refractivity contribution is 0.143. The molecule has 0 saturated heterocycles. The van der Waals surface area contributed by atoms with E-state index in [1.54, 1.807) is 0 Å². The van der Waals surface area contributed by atoms with Crippen LogP contribution in [0.15, 0.2) is 53.3 Å². The van der Waals surface area contributed by atoms with Gasteiger partial charge in [0.25, 0.3) is 11.6 Å². The van der Waals surface area contributed by atoms with Crippen LogP contribution in [0.1, 0.15) is 16.8 Å². The van der Waals surface area contributed by atoms with Gasteiger partial charge in [-0.25, -0.2) is 0 Å². The smallest absolute Gasteiger partial charge is 0.300 e. The minimum absolute atomic E-state index is 0.0309. The molecule has 6 heteroatoms. The summed E-state index contributed by atoms with van der Waals surface area (Å²) in [5.41, 5.74) is 5.29. The molecular weight excluding hydrogens is 368 g/mol. The van der Waals surface area contributed by atoms with Gasteiger partial charge in [0.1, 0.15) is 12.4 Å². The van der Waals surface area contributed by atoms with Crippen LogP contribution in [-0.2, 0) is 13.0 Å². The zero-order valence-corrected chi connectivity index (χ0v) is 16.6. The molecule has 0 aliphatic carbocycles. The van der Waals surface area contributed by atoms with Gasteiger partial charge in [0.05, 0.1) is 6.54 Å². The molecule has 0 radical (unpaired) electrons. The van der Waals surface area contributed by atoms with Crippen molar-refractivity contribution >= 4 is 0 Å². The zero-order valence-electron chi connectivity index (χ0n) is 16.6. The maximum atomic E-state index is 11.7. The molecule has 0 saturated carbocycles. The number of rotatable bonds is 6. The molecule has 1 aliphatic rings. The molecule has 0 spiro atoms. The van der Waals surface area contributed by atoms with Gasteiger partial charge in [0.15, 0.2) is 6.10 Å². The number of nitrogens with zero attached hydrogens (tertiary/aromatic N) is 2. The maximum Gasteiger partial charge on any atom is 0.300 e. The molecule has 6 nitrogen and oxygen atoms in total. The van der Waals surface area contributed by atoms with Crippen LogP contribution in [0.2, 0.25) is 0 Å². The van der Waals surface area contributed by atoms with Gasteiger partial charge >= 0.3 is 0 Å². The fraction of sp³-hybridized carbons (Fsp3) is 0.304. The fourth-order valence-corrected chi connectivity index (χ4v) is 3.60. The maximum absolute atomic E-state index is 11.7. The molecule has 0 fully saturated rings. The standard InChI is InChI=1S/C23H24N2O4/c1-15-4-3-5-21(16(15)2)17-6-8-19(9-7-17)28-14-20-13-25-18(10-11-26)12-22(27)24-23(25)29-20/h3-9,12,20,26H,10-11,13-14H2,1-2H3/t20-/m0/s1. The van der Waals surface area contributed by atoms with E-state index in [1.165, 1.54) is 22.8 Å². The number of aliphatic hydroxyl groups is 1. The largest absolute Gasteiger partial charge is 0.490 e. The number of aryl methyl sites for hydroxylation is 1. The third-order valence-corrected chi connectivity index (χ3v) is 5.31. The third-order valence-electron chi connectivity index (χ3n) is 5.31. The van der Waals surface area contributed by atoms with Gasteiger partial charge in [0.2, 0.25) is 0 Å². The molecule has 150 valence electrons. The minimum Gasteiger partial charge on any atom is -0.490 e. The molecule has 0 amide bonds. The van der Waals surface area contributed by atoms with E-state index in [9.17, 15) is 9.90 Å². The molecule has 4 rings (SSSR count). The summed E-state index contributed by atoms with van der Waals surface area (Å²) in [6.45, 7) is 5.10. The van der Waals surface area contributed by atoms with Crippen molar-refractivity contribution in [3.05, 3.63) is 75.7 Å². The fourth-order valence-electron chi connectivity index (χ4n) is 3.60. The molecule has 2 aromatic carbocycles. The van der Waals surface area contributed by atoms with Gasteiger partial charge in [-0.1, -0.05) is 30.3 Å². The van der Waals surface area contributed by atoms with Crippen LogP contribution < -0.4 is 15.0 Å². The van der Waals surface area contributed by atoms with E-state index in [1.807, 2.05) is 16.7 Å². The Labute approximate surface area is 169 Å². The van der Waals surface area contributed by atoms with Crippen molar-refractivity contribution in [1.82, 2.24) is 9.55 Å².